The van der Waals surface area contributed by atoms with Crippen LogP contribution in [-0.2, 0) is 14.6 Å². The number of carbonyl (C=O) groups excluding carboxylic acids is 1. The Balaban J connectivity index is 2.45. The molecular weight excluding hydrogens is 272 g/mol. The highest BCUT2D eigenvalue weighted by Crippen LogP contribution is 2.18. The Morgan fingerprint density at radius 3 is 2.72 bits per heavy atom. The summed E-state index contributed by atoms with van der Waals surface area (Å²) >= 11 is 1.55. The molecule has 1 aromatic heterocycles. The third-order valence-electron chi connectivity index (χ3n) is 2.47. The molecular formula is C11H18N2O3S2. The van der Waals surface area contributed by atoms with Crippen molar-refractivity contribution in [1.29, 1.82) is 0 Å². The minimum Gasteiger partial charge on any atom is -0.347 e. The highest BCUT2D eigenvalue weighted by molar-refractivity contribution is 7.90. The molecule has 0 saturated carbocycles. The molecule has 102 valence electrons. The molecule has 0 radical (unpaired) electrons. The van der Waals surface area contributed by atoms with Crippen LogP contribution in [0.1, 0.15) is 24.3 Å². The van der Waals surface area contributed by atoms with Crippen molar-refractivity contribution >= 4 is 27.1 Å². The van der Waals surface area contributed by atoms with Crippen LogP contribution in [0.25, 0.3) is 0 Å². The van der Waals surface area contributed by atoms with Crippen LogP contribution < -0.4 is 11.1 Å². The lowest BCUT2D eigenvalue weighted by Gasteiger charge is -2.16. The van der Waals surface area contributed by atoms with Crippen molar-refractivity contribution in [2.45, 2.75) is 25.4 Å². The van der Waals surface area contributed by atoms with Crippen LogP contribution in [0, 0.1) is 0 Å². The molecule has 0 aliphatic heterocycles. The summed E-state index contributed by atoms with van der Waals surface area (Å²) in [6.45, 7) is 1.87. The zero-order chi connectivity index (χ0) is 13.8. The fraction of sp³-hybridized carbons (Fsp3) is 0.545. The molecule has 1 aromatic rings. The van der Waals surface area contributed by atoms with E-state index < -0.39 is 15.9 Å². The SMILES string of the molecule is C[C@@H](NC(=O)C(N)CCS(C)(=O)=O)c1cccs1. The van der Waals surface area contributed by atoms with Crippen LogP contribution in [0.3, 0.4) is 0 Å². The van der Waals surface area contributed by atoms with Crippen molar-refractivity contribution in [3.8, 4) is 0 Å². The van der Waals surface area contributed by atoms with Gasteiger partial charge in [-0.25, -0.2) is 8.42 Å². The summed E-state index contributed by atoms with van der Waals surface area (Å²) in [6.07, 6.45) is 1.27. The van der Waals surface area contributed by atoms with Gasteiger partial charge in [0, 0.05) is 11.1 Å². The number of nitrogens with two attached hydrogens (primary N) is 1. The van der Waals surface area contributed by atoms with Gasteiger partial charge in [-0.2, -0.15) is 0 Å². The first-order valence-corrected chi connectivity index (χ1v) is 8.50. The number of thiophene rings is 1. The Kier molecular flexibility index (Phi) is 5.30. The molecule has 1 heterocycles. The molecule has 1 amide bonds. The number of amides is 1. The van der Waals surface area contributed by atoms with Crippen LogP contribution in [0.5, 0.6) is 0 Å². The van der Waals surface area contributed by atoms with E-state index >= 15 is 0 Å². The van der Waals surface area contributed by atoms with E-state index in [4.69, 9.17) is 5.73 Å². The molecule has 1 rings (SSSR count). The zero-order valence-corrected chi connectivity index (χ0v) is 12.1. The third-order valence-corrected chi connectivity index (χ3v) is 4.50. The molecule has 18 heavy (non-hydrogen) atoms. The van der Waals surface area contributed by atoms with E-state index in [-0.39, 0.29) is 24.1 Å². The smallest absolute Gasteiger partial charge is 0.237 e. The van der Waals surface area contributed by atoms with E-state index in [1.54, 1.807) is 11.3 Å². The first-order valence-electron chi connectivity index (χ1n) is 5.56. The number of carbonyl (C=O) groups is 1. The van der Waals surface area contributed by atoms with Crippen LogP contribution in [-0.4, -0.2) is 32.4 Å². The summed E-state index contributed by atoms with van der Waals surface area (Å²) in [5.41, 5.74) is 5.65. The van der Waals surface area contributed by atoms with E-state index in [1.807, 2.05) is 24.4 Å². The summed E-state index contributed by atoms with van der Waals surface area (Å²) < 4.78 is 22.0. The number of nitrogens with one attached hydrogen (secondary N) is 1. The quantitative estimate of drug-likeness (QED) is 0.806. The first-order chi connectivity index (χ1) is 8.29. The van der Waals surface area contributed by atoms with Crippen molar-refractivity contribution in [2.75, 3.05) is 12.0 Å². The van der Waals surface area contributed by atoms with Gasteiger partial charge < -0.3 is 11.1 Å². The van der Waals surface area contributed by atoms with Gasteiger partial charge in [-0.05, 0) is 24.8 Å². The normalized spacial score (nSPS) is 15.1. The molecule has 0 saturated heterocycles. The molecule has 0 aliphatic rings. The maximum absolute atomic E-state index is 11.7. The fourth-order valence-electron chi connectivity index (χ4n) is 1.40. The Bertz CT molecular complexity index is 482. The van der Waals surface area contributed by atoms with Gasteiger partial charge in [0.2, 0.25) is 5.91 Å². The van der Waals surface area contributed by atoms with Crippen LogP contribution >= 0.6 is 11.3 Å². The van der Waals surface area contributed by atoms with Gasteiger partial charge in [0.05, 0.1) is 17.8 Å². The topological polar surface area (TPSA) is 89.3 Å². The van der Waals surface area contributed by atoms with E-state index in [0.717, 1.165) is 11.1 Å². The van der Waals surface area contributed by atoms with Gasteiger partial charge in [-0.1, -0.05) is 6.07 Å². The van der Waals surface area contributed by atoms with Crippen molar-refractivity contribution in [2.24, 2.45) is 5.73 Å². The van der Waals surface area contributed by atoms with Crippen LogP contribution in [0.15, 0.2) is 17.5 Å². The Morgan fingerprint density at radius 2 is 2.22 bits per heavy atom. The predicted octanol–water partition coefficient (Wildman–Crippen LogP) is 0.687. The number of sulfone groups is 1. The van der Waals surface area contributed by atoms with Crippen LogP contribution in [0.2, 0.25) is 0 Å². The van der Waals surface area contributed by atoms with Crippen molar-refractivity contribution in [3.63, 3.8) is 0 Å². The highest BCUT2D eigenvalue weighted by Gasteiger charge is 2.18. The van der Waals surface area contributed by atoms with Gasteiger partial charge in [0.15, 0.2) is 0 Å². The van der Waals surface area contributed by atoms with Gasteiger partial charge >= 0.3 is 0 Å². The third kappa shape index (κ3) is 5.16. The molecule has 2 atom stereocenters. The summed E-state index contributed by atoms with van der Waals surface area (Å²) in [5.74, 6) is -0.394. The summed E-state index contributed by atoms with van der Waals surface area (Å²) in [5, 5.41) is 4.70. The first kappa shape index (κ1) is 15.1. The molecule has 0 bridgehead atoms. The number of hydrogen-bond acceptors (Lipinski definition) is 5. The average molecular weight is 290 g/mol. The Morgan fingerprint density at radius 1 is 1.56 bits per heavy atom. The van der Waals surface area contributed by atoms with Gasteiger partial charge in [-0.15, -0.1) is 11.3 Å². The van der Waals surface area contributed by atoms with Crippen LogP contribution in [0.4, 0.5) is 0 Å². The highest BCUT2D eigenvalue weighted by atomic mass is 32.2. The van der Waals surface area contributed by atoms with Gasteiger partial charge in [0.25, 0.3) is 0 Å². The zero-order valence-electron chi connectivity index (χ0n) is 10.4. The molecule has 5 nitrogen and oxygen atoms in total. The van der Waals surface area contributed by atoms with E-state index in [2.05, 4.69) is 5.32 Å². The molecule has 0 aromatic carbocycles. The van der Waals surface area contributed by atoms with Gasteiger partial charge in [-0.3, -0.25) is 4.79 Å². The fourth-order valence-corrected chi connectivity index (χ4v) is 2.82. The van der Waals surface area contributed by atoms with E-state index in [1.165, 1.54) is 0 Å². The number of rotatable bonds is 6. The van der Waals surface area contributed by atoms with Crippen molar-refractivity contribution < 1.29 is 13.2 Å². The molecule has 0 aliphatic carbocycles. The lowest BCUT2D eigenvalue weighted by molar-refractivity contribution is -0.123. The Hall–Kier alpha value is -0.920. The standard InChI is InChI=1S/C11H18N2O3S2/c1-8(10-4-3-6-17-10)13-11(14)9(12)5-7-18(2,15)16/h3-4,6,8-9H,5,7,12H2,1-2H3,(H,13,14)/t8-,9?/m1/s1. The minimum atomic E-state index is -3.08. The molecule has 0 spiro atoms. The molecule has 1 unspecified atom stereocenters. The maximum Gasteiger partial charge on any atom is 0.237 e. The second-order valence-corrected chi connectivity index (χ2v) is 7.51. The summed E-state index contributed by atoms with van der Waals surface area (Å²) in [6, 6.07) is 2.94. The molecule has 3 N–H and O–H groups in total. The lowest BCUT2D eigenvalue weighted by atomic mass is 10.2. The monoisotopic (exact) mass is 290 g/mol. The van der Waals surface area contributed by atoms with Gasteiger partial charge in [0.1, 0.15) is 9.84 Å². The predicted molar refractivity (Wildman–Crippen MR) is 73.2 cm³/mol. The second-order valence-electron chi connectivity index (χ2n) is 4.27. The maximum atomic E-state index is 11.7. The average Bonchev–Trinajstić information content (AvgIpc) is 2.77. The van der Waals surface area contributed by atoms with Crippen molar-refractivity contribution in [1.82, 2.24) is 5.32 Å². The Labute approximate surface area is 111 Å². The molecule has 0 fully saturated rings. The minimum absolute atomic E-state index is 0.0744. The van der Waals surface area contributed by atoms with Crippen molar-refractivity contribution in [3.05, 3.63) is 22.4 Å². The van der Waals surface area contributed by atoms with E-state index in [0.29, 0.717) is 0 Å². The second kappa shape index (κ2) is 6.31. The summed E-state index contributed by atoms with van der Waals surface area (Å²) in [4.78, 5) is 12.8. The molecule has 7 heteroatoms. The largest absolute Gasteiger partial charge is 0.347 e. The summed E-state index contributed by atoms with van der Waals surface area (Å²) in [7, 11) is -3.08. The van der Waals surface area contributed by atoms with E-state index in [9.17, 15) is 13.2 Å². The number of hydrogen-bond donors (Lipinski definition) is 2. The lowest BCUT2D eigenvalue weighted by Crippen LogP contribution is -2.42.